The Morgan fingerprint density at radius 1 is 0.450 bits per heavy atom. The Morgan fingerprint density at radius 2 is 0.800 bits per heavy atom. The third kappa shape index (κ3) is 5.33. The molecule has 0 radical (unpaired) electrons. The molecule has 0 atom stereocenters. The number of benzene rings is 5. The lowest BCUT2D eigenvalue weighted by Gasteiger charge is -2.27. The summed E-state index contributed by atoms with van der Waals surface area (Å²) in [6.07, 6.45) is 0. The van der Waals surface area contributed by atoms with Gasteiger partial charge in [-0.1, -0.05) is 59.7 Å². The molecule has 0 fully saturated rings. The summed E-state index contributed by atoms with van der Waals surface area (Å²) in [4.78, 5) is 2.28. The summed E-state index contributed by atoms with van der Waals surface area (Å²) in [5, 5.41) is 20.8. The summed E-state index contributed by atoms with van der Waals surface area (Å²) in [7, 11) is 0. The number of hydrogen-bond donors (Lipinski definition) is 2. The van der Waals surface area contributed by atoms with Crippen LogP contribution in [0.1, 0.15) is 56.0 Å². The van der Waals surface area contributed by atoms with Gasteiger partial charge in [-0.15, -0.1) is 0 Å². The minimum atomic E-state index is -0.0557. The van der Waals surface area contributed by atoms with Crippen LogP contribution in [0.3, 0.4) is 0 Å². The third-order valence-corrected chi connectivity index (χ3v) is 7.86. The molecule has 202 valence electrons. The van der Waals surface area contributed by atoms with Gasteiger partial charge in [-0.3, -0.25) is 0 Å². The monoisotopic (exact) mass is 527 g/mol. The topological polar surface area (TPSA) is 43.7 Å². The Balaban J connectivity index is 1.66. The van der Waals surface area contributed by atoms with Crippen LogP contribution in [-0.2, 0) is 0 Å². The molecule has 2 N–H and O–H groups in total. The van der Waals surface area contributed by atoms with Crippen LogP contribution in [0.4, 0.5) is 17.1 Å². The zero-order valence-electron chi connectivity index (χ0n) is 24.2. The van der Waals surface area contributed by atoms with E-state index < -0.39 is 0 Å². The second-order valence-electron chi connectivity index (χ2n) is 11.0. The summed E-state index contributed by atoms with van der Waals surface area (Å²) >= 11 is 0. The quantitative estimate of drug-likeness (QED) is 0.216. The van der Waals surface area contributed by atoms with Gasteiger partial charge >= 0.3 is 0 Å². The fraction of sp³-hybridized carbons (Fsp3) is 0.189. The van der Waals surface area contributed by atoms with Gasteiger partial charge in [0.15, 0.2) is 0 Å². The first-order chi connectivity index (χ1) is 19.1. The van der Waals surface area contributed by atoms with Crippen molar-refractivity contribution in [2.24, 2.45) is 0 Å². The lowest BCUT2D eigenvalue weighted by atomic mass is 9.80. The smallest absolute Gasteiger partial charge is 0.118 e. The molecule has 5 aromatic carbocycles. The Morgan fingerprint density at radius 3 is 1.18 bits per heavy atom. The van der Waals surface area contributed by atoms with E-state index in [9.17, 15) is 10.2 Å². The van der Waals surface area contributed by atoms with Gasteiger partial charge in [0.05, 0.1) is 0 Å². The van der Waals surface area contributed by atoms with E-state index >= 15 is 0 Å². The van der Waals surface area contributed by atoms with Crippen molar-refractivity contribution in [3.05, 3.63) is 147 Å². The van der Waals surface area contributed by atoms with Crippen molar-refractivity contribution < 1.29 is 10.2 Å². The van der Waals surface area contributed by atoms with Crippen LogP contribution < -0.4 is 4.90 Å². The Hall–Kier alpha value is -4.50. The van der Waals surface area contributed by atoms with Crippen molar-refractivity contribution in [2.75, 3.05) is 4.90 Å². The lowest BCUT2D eigenvalue weighted by Crippen LogP contribution is -2.11. The Kier molecular flexibility index (Phi) is 7.40. The van der Waals surface area contributed by atoms with Gasteiger partial charge in [-0.2, -0.15) is 0 Å². The molecule has 40 heavy (non-hydrogen) atoms. The van der Waals surface area contributed by atoms with Crippen LogP contribution in [0.5, 0.6) is 11.5 Å². The van der Waals surface area contributed by atoms with E-state index in [1.165, 1.54) is 11.1 Å². The molecule has 5 aromatic rings. The van der Waals surface area contributed by atoms with Crippen molar-refractivity contribution >= 4 is 17.1 Å². The van der Waals surface area contributed by atoms with E-state index in [0.717, 1.165) is 56.0 Å². The maximum atomic E-state index is 10.4. The highest BCUT2D eigenvalue weighted by Gasteiger charge is 2.23. The SMILES string of the molecule is Cc1ccc(N(c2ccc(C)cc2)c2ccc(C(c3cc(C)c(O)cc3C)c3cc(C)c(O)cc3C)cc2)cc1. The number of anilines is 3. The molecule has 0 amide bonds. The number of aromatic hydroxyl groups is 2. The second-order valence-corrected chi connectivity index (χ2v) is 11.0. The molecule has 0 saturated heterocycles. The Labute approximate surface area is 238 Å². The summed E-state index contributed by atoms with van der Waals surface area (Å²) in [6, 6.07) is 33.9. The largest absolute Gasteiger partial charge is 0.508 e. The van der Waals surface area contributed by atoms with Crippen molar-refractivity contribution in [2.45, 2.75) is 47.5 Å². The van der Waals surface area contributed by atoms with Crippen LogP contribution in [0, 0.1) is 41.5 Å². The zero-order valence-corrected chi connectivity index (χ0v) is 24.2. The minimum Gasteiger partial charge on any atom is -0.508 e. The average molecular weight is 528 g/mol. The molecule has 0 saturated carbocycles. The zero-order chi connectivity index (χ0) is 28.6. The number of aryl methyl sites for hydroxylation is 6. The van der Waals surface area contributed by atoms with Gasteiger partial charge in [0.25, 0.3) is 0 Å². The summed E-state index contributed by atoms with van der Waals surface area (Å²) in [5.41, 5.74) is 12.9. The fourth-order valence-corrected chi connectivity index (χ4v) is 5.45. The van der Waals surface area contributed by atoms with Crippen LogP contribution >= 0.6 is 0 Å². The van der Waals surface area contributed by atoms with E-state index in [1.54, 1.807) is 0 Å². The second kappa shape index (κ2) is 10.9. The van der Waals surface area contributed by atoms with E-state index in [2.05, 4.69) is 118 Å². The summed E-state index contributed by atoms with van der Waals surface area (Å²) in [6.45, 7) is 12.2. The maximum Gasteiger partial charge on any atom is 0.118 e. The normalized spacial score (nSPS) is 11.2. The van der Waals surface area contributed by atoms with Crippen LogP contribution in [0.15, 0.2) is 97.1 Å². The predicted molar refractivity (Wildman–Crippen MR) is 167 cm³/mol. The van der Waals surface area contributed by atoms with Gasteiger partial charge in [0, 0.05) is 23.0 Å². The van der Waals surface area contributed by atoms with E-state index in [-0.39, 0.29) is 5.92 Å². The van der Waals surface area contributed by atoms with Crippen LogP contribution in [0.25, 0.3) is 0 Å². The van der Waals surface area contributed by atoms with Gasteiger partial charge < -0.3 is 15.1 Å². The Bertz CT molecular complexity index is 1550. The van der Waals surface area contributed by atoms with Crippen molar-refractivity contribution in [1.82, 2.24) is 0 Å². The minimum absolute atomic E-state index is 0.0557. The lowest BCUT2D eigenvalue weighted by molar-refractivity contribution is 0.470. The van der Waals surface area contributed by atoms with Gasteiger partial charge in [-0.05, 0) is 129 Å². The third-order valence-electron chi connectivity index (χ3n) is 7.86. The number of hydrogen-bond acceptors (Lipinski definition) is 3. The molecule has 0 aliphatic heterocycles. The molecule has 0 heterocycles. The standard InChI is InChI=1S/C37H37NO2/c1-23-7-13-30(14-8-23)38(31-15-9-24(2)10-16-31)32-17-11-29(12-18-32)37(33-19-27(5)35(39)21-25(33)3)34-20-28(6)36(40)22-26(34)4/h7-22,37,39-40H,1-6H3. The number of nitrogens with zero attached hydrogens (tertiary/aromatic N) is 1. The molecule has 3 nitrogen and oxygen atoms in total. The number of rotatable bonds is 6. The highest BCUT2D eigenvalue weighted by atomic mass is 16.3. The van der Waals surface area contributed by atoms with E-state index in [1.807, 2.05) is 26.0 Å². The van der Waals surface area contributed by atoms with Crippen molar-refractivity contribution in [3.63, 3.8) is 0 Å². The van der Waals surface area contributed by atoms with E-state index in [0.29, 0.717) is 11.5 Å². The molecule has 0 aliphatic carbocycles. The molecule has 0 spiro atoms. The first-order valence-corrected chi connectivity index (χ1v) is 13.8. The summed E-state index contributed by atoms with van der Waals surface area (Å²) < 4.78 is 0. The van der Waals surface area contributed by atoms with Crippen LogP contribution in [0.2, 0.25) is 0 Å². The molecule has 5 rings (SSSR count). The first-order valence-electron chi connectivity index (χ1n) is 13.8. The molecular weight excluding hydrogens is 490 g/mol. The molecule has 0 unspecified atom stereocenters. The van der Waals surface area contributed by atoms with Gasteiger partial charge in [-0.25, -0.2) is 0 Å². The average Bonchev–Trinajstić information content (AvgIpc) is 2.93. The highest BCUT2D eigenvalue weighted by Crippen LogP contribution is 2.41. The predicted octanol–water partition coefficient (Wildman–Crippen LogP) is 9.60. The van der Waals surface area contributed by atoms with E-state index in [4.69, 9.17) is 0 Å². The molecule has 0 bridgehead atoms. The summed E-state index contributed by atoms with van der Waals surface area (Å²) in [5.74, 6) is 0.557. The molecule has 0 aromatic heterocycles. The number of phenols is 2. The molecule has 3 heteroatoms. The molecular formula is C37H37NO2. The fourth-order valence-electron chi connectivity index (χ4n) is 5.45. The number of phenolic OH excluding ortho intramolecular Hbond substituents is 2. The molecule has 0 aliphatic rings. The van der Waals surface area contributed by atoms with Crippen molar-refractivity contribution in [3.8, 4) is 11.5 Å². The van der Waals surface area contributed by atoms with Gasteiger partial charge in [0.1, 0.15) is 11.5 Å². The van der Waals surface area contributed by atoms with Gasteiger partial charge in [0.2, 0.25) is 0 Å². The first kappa shape index (κ1) is 27.1. The highest BCUT2D eigenvalue weighted by molar-refractivity contribution is 5.77. The van der Waals surface area contributed by atoms with Crippen molar-refractivity contribution in [1.29, 1.82) is 0 Å². The maximum absolute atomic E-state index is 10.4. The van der Waals surface area contributed by atoms with Crippen LogP contribution in [-0.4, -0.2) is 10.2 Å².